The summed E-state index contributed by atoms with van der Waals surface area (Å²) in [5.41, 5.74) is 4.22. The largest absolute Gasteiger partial charge is 0.328 e. The predicted molar refractivity (Wildman–Crippen MR) is 163 cm³/mol. The quantitative estimate of drug-likeness (QED) is 0.176. The molecule has 3 amide bonds. The number of hydrogen-bond acceptors (Lipinski definition) is 7. The highest BCUT2D eigenvalue weighted by molar-refractivity contribution is 9.10. The minimum absolute atomic E-state index is 0.0980. The number of amides is 3. The topological polar surface area (TPSA) is 129 Å². The highest BCUT2D eigenvalue weighted by atomic mass is 79.9. The number of carbonyl (C=O) groups excluding carboxylic acids is 2. The van der Waals surface area contributed by atoms with E-state index in [0.29, 0.717) is 23.2 Å². The molecule has 2 heterocycles. The van der Waals surface area contributed by atoms with E-state index >= 15 is 0 Å². The number of anilines is 3. The smallest absolute Gasteiger partial charge is 0.290 e. The number of benzene rings is 3. The first-order valence-corrected chi connectivity index (χ1v) is 15.0. The summed E-state index contributed by atoms with van der Waals surface area (Å²) >= 11 is 4.91. The molecule has 0 bridgehead atoms. The first kappa shape index (κ1) is 27.0. The van der Waals surface area contributed by atoms with E-state index < -0.39 is 0 Å². The first-order valence-electron chi connectivity index (χ1n) is 13.4. The fourth-order valence-electron chi connectivity index (χ4n) is 5.09. The number of nitrogens with one attached hydrogen (secondary N) is 3. The van der Waals surface area contributed by atoms with E-state index in [1.165, 1.54) is 49.0 Å². The molecule has 0 saturated heterocycles. The summed E-state index contributed by atoms with van der Waals surface area (Å²) in [7, 11) is 0. The van der Waals surface area contributed by atoms with Crippen LogP contribution in [-0.4, -0.2) is 37.5 Å². The number of urea groups is 1. The molecule has 208 valence electrons. The van der Waals surface area contributed by atoms with E-state index in [4.69, 9.17) is 0 Å². The molecule has 0 aliphatic heterocycles. The van der Waals surface area contributed by atoms with Crippen molar-refractivity contribution >= 4 is 66.2 Å². The van der Waals surface area contributed by atoms with E-state index in [9.17, 15) is 9.59 Å². The van der Waals surface area contributed by atoms with E-state index in [1.54, 1.807) is 17.0 Å². The number of tetrazole rings is 1. The van der Waals surface area contributed by atoms with Crippen LogP contribution in [0.2, 0.25) is 0 Å². The van der Waals surface area contributed by atoms with Crippen LogP contribution in [0.1, 0.15) is 59.5 Å². The van der Waals surface area contributed by atoms with Crippen molar-refractivity contribution in [3.8, 4) is 0 Å². The number of H-pyrrole nitrogens is 1. The van der Waals surface area contributed by atoms with Crippen molar-refractivity contribution < 1.29 is 9.59 Å². The van der Waals surface area contributed by atoms with Crippen molar-refractivity contribution in [1.82, 2.24) is 25.6 Å². The molecule has 3 N–H and O–H groups in total. The lowest BCUT2D eigenvalue weighted by Crippen LogP contribution is -2.34. The number of hydrogen-bond donors (Lipinski definition) is 3. The van der Waals surface area contributed by atoms with Crippen LogP contribution >= 0.6 is 27.3 Å². The van der Waals surface area contributed by atoms with E-state index in [2.05, 4.69) is 64.3 Å². The van der Waals surface area contributed by atoms with E-state index in [-0.39, 0.29) is 17.9 Å². The Bertz CT molecular complexity index is 1650. The van der Waals surface area contributed by atoms with Gasteiger partial charge in [-0.05, 0) is 77.6 Å². The molecule has 10 nitrogen and oxygen atoms in total. The van der Waals surface area contributed by atoms with Gasteiger partial charge in [-0.2, -0.15) is 5.21 Å². The summed E-state index contributed by atoms with van der Waals surface area (Å²) in [5.74, 6) is 0.322. The molecular weight excluding hydrogens is 604 g/mol. The summed E-state index contributed by atoms with van der Waals surface area (Å²) in [5, 5.41) is 19.3. The zero-order valence-corrected chi connectivity index (χ0v) is 24.4. The van der Waals surface area contributed by atoms with Crippen molar-refractivity contribution in [3.05, 3.63) is 87.9 Å². The average molecular weight is 632 g/mol. The molecule has 3 aromatic carbocycles. The highest BCUT2D eigenvalue weighted by Gasteiger charge is 2.21. The summed E-state index contributed by atoms with van der Waals surface area (Å²) < 4.78 is 1.92. The normalized spacial score (nSPS) is 13.7. The van der Waals surface area contributed by atoms with Gasteiger partial charge in [0.2, 0.25) is 0 Å². The summed E-state index contributed by atoms with van der Waals surface area (Å²) in [6.45, 7) is 0.303. The number of carbonyl (C=O) groups is 2. The Morgan fingerprint density at radius 3 is 2.49 bits per heavy atom. The monoisotopic (exact) mass is 630 g/mol. The average Bonchev–Trinajstić information content (AvgIpc) is 3.66. The lowest BCUT2D eigenvalue weighted by atomic mass is 9.84. The molecule has 41 heavy (non-hydrogen) atoms. The molecule has 1 aliphatic rings. The molecule has 0 spiro atoms. The Morgan fingerprint density at radius 2 is 1.76 bits per heavy atom. The van der Waals surface area contributed by atoms with Crippen molar-refractivity contribution in [3.63, 3.8) is 0 Å². The maximum absolute atomic E-state index is 13.7. The Balaban J connectivity index is 1.23. The van der Waals surface area contributed by atoms with Gasteiger partial charge >= 0.3 is 6.03 Å². The lowest BCUT2D eigenvalue weighted by molar-refractivity contribution is 0.102. The number of thiazole rings is 1. The zero-order valence-electron chi connectivity index (χ0n) is 22.0. The second-order valence-corrected chi connectivity index (χ2v) is 11.9. The SMILES string of the molecule is O=C(Nc1nn[nH]n1)c1ccc(CN(C(=O)Nc2nc3cc(Br)ccc3s2)c2ccc(C3CCCCC3)cc2)cc1. The van der Waals surface area contributed by atoms with Gasteiger partial charge in [-0.15, -0.1) is 5.10 Å². The van der Waals surface area contributed by atoms with Crippen LogP contribution in [-0.2, 0) is 6.54 Å². The van der Waals surface area contributed by atoms with Gasteiger partial charge in [0.15, 0.2) is 5.13 Å². The minimum atomic E-state index is -0.353. The van der Waals surface area contributed by atoms with Crippen LogP contribution < -0.4 is 15.5 Å². The first-order chi connectivity index (χ1) is 20.0. The Labute approximate surface area is 248 Å². The van der Waals surface area contributed by atoms with Gasteiger partial charge in [-0.25, -0.2) is 9.78 Å². The number of aromatic nitrogens is 5. The molecule has 1 saturated carbocycles. The van der Waals surface area contributed by atoms with Crippen LogP contribution in [0, 0.1) is 0 Å². The van der Waals surface area contributed by atoms with Gasteiger partial charge in [0.25, 0.3) is 11.9 Å². The van der Waals surface area contributed by atoms with Crippen molar-refractivity contribution in [2.75, 3.05) is 15.5 Å². The van der Waals surface area contributed by atoms with Gasteiger partial charge in [0.05, 0.1) is 16.8 Å². The van der Waals surface area contributed by atoms with Gasteiger partial charge < -0.3 is 0 Å². The van der Waals surface area contributed by atoms with Gasteiger partial charge in [-0.1, -0.05) is 75.9 Å². The van der Waals surface area contributed by atoms with Crippen LogP contribution in [0.15, 0.2) is 71.2 Å². The fraction of sp³-hybridized carbons (Fsp3) is 0.241. The standard InChI is InChI=1S/C29H27BrN8O2S/c30-22-12-15-25-24(16-22)31-28(41-25)33-29(40)38(23-13-10-20(11-14-23)19-4-2-1-3-5-19)17-18-6-8-21(9-7-18)26(39)32-27-34-36-37-35-27/h6-16,19H,1-5,17H2,(H,31,33,40)(H2,32,34,35,36,37,39). The van der Waals surface area contributed by atoms with E-state index in [0.717, 1.165) is 25.9 Å². The predicted octanol–water partition coefficient (Wildman–Crippen LogP) is 7.11. The lowest BCUT2D eigenvalue weighted by Gasteiger charge is -2.25. The Kier molecular flexibility index (Phi) is 8.01. The molecule has 12 heteroatoms. The van der Waals surface area contributed by atoms with Crippen molar-refractivity contribution in [2.45, 2.75) is 44.6 Å². The number of aromatic amines is 1. The van der Waals surface area contributed by atoms with Gasteiger partial charge in [0.1, 0.15) is 0 Å². The molecule has 2 aromatic heterocycles. The van der Waals surface area contributed by atoms with Crippen LogP contribution in [0.3, 0.4) is 0 Å². The molecule has 0 radical (unpaired) electrons. The highest BCUT2D eigenvalue weighted by Crippen LogP contribution is 2.34. The molecule has 1 aliphatic carbocycles. The van der Waals surface area contributed by atoms with E-state index in [1.807, 2.05) is 42.5 Å². The van der Waals surface area contributed by atoms with Crippen molar-refractivity contribution in [2.24, 2.45) is 0 Å². The minimum Gasteiger partial charge on any atom is -0.290 e. The number of fused-ring (bicyclic) bond motifs is 1. The van der Waals surface area contributed by atoms with Gasteiger partial charge in [0, 0.05) is 15.7 Å². The number of halogens is 1. The van der Waals surface area contributed by atoms with Crippen LogP contribution in [0.5, 0.6) is 0 Å². The molecule has 0 atom stereocenters. The maximum Gasteiger partial charge on any atom is 0.328 e. The van der Waals surface area contributed by atoms with Crippen LogP contribution in [0.4, 0.5) is 21.6 Å². The molecular formula is C29H27BrN8O2S. The third-order valence-corrected chi connectivity index (χ3v) is 8.66. The number of nitrogens with zero attached hydrogens (tertiary/aromatic N) is 5. The molecule has 0 unspecified atom stereocenters. The Morgan fingerprint density at radius 1 is 0.976 bits per heavy atom. The summed E-state index contributed by atoms with van der Waals surface area (Å²) in [4.78, 5) is 32.5. The Hall–Kier alpha value is -4.16. The summed E-state index contributed by atoms with van der Waals surface area (Å²) in [6.07, 6.45) is 6.27. The maximum atomic E-state index is 13.7. The summed E-state index contributed by atoms with van der Waals surface area (Å²) in [6, 6.07) is 21.0. The zero-order chi connectivity index (χ0) is 28.2. The second-order valence-electron chi connectivity index (χ2n) is 9.96. The second kappa shape index (κ2) is 12.1. The van der Waals surface area contributed by atoms with Gasteiger partial charge in [-0.3, -0.25) is 20.3 Å². The van der Waals surface area contributed by atoms with Crippen LogP contribution in [0.25, 0.3) is 10.2 Å². The van der Waals surface area contributed by atoms with Crippen molar-refractivity contribution in [1.29, 1.82) is 0 Å². The molecule has 1 fully saturated rings. The molecule has 5 aromatic rings. The fourth-order valence-corrected chi connectivity index (χ4v) is 6.27. The number of rotatable bonds is 7. The third kappa shape index (κ3) is 6.44. The molecule has 6 rings (SSSR count). The third-order valence-electron chi connectivity index (χ3n) is 7.22.